The first-order chi connectivity index (χ1) is 16.6. The highest BCUT2D eigenvalue weighted by Crippen LogP contribution is 2.23. The van der Waals surface area contributed by atoms with E-state index in [-0.39, 0.29) is 31.6 Å². The van der Waals surface area contributed by atoms with Crippen molar-refractivity contribution in [1.29, 1.82) is 0 Å². The van der Waals surface area contributed by atoms with Gasteiger partial charge in [-0.15, -0.1) is 0 Å². The van der Waals surface area contributed by atoms with Gasteiger partial charge in [-0.1, -0.05) is 18.2 Å². The molecule has 2 aliphatic heterocycles. The van der Waals surface area contributed by atoms with Crippen molar-refractivity contribution in [2.24, 2.45) is 5.10 Å². The summed E-state index contributed by atoms with van der Waals surface area (Å²) in [6.45, 7) is 3.39. The SMILES string of the molecule is O=C(CN1CCc2cc(NC(=O)c3ccc(/C=N/N4CCSCC4)cc3)ccc2C1)OCCO. The maximum absolute atomic E-state index is 12.7. The molecule has 1 saturated heterocycles. The van der Waals surface area contributed by atoms with E-state index in [9.17, 15) is 9.59 Å². The molecule has 0 radical (unpaired) electrons. The Labute approximate surface area is 204 Å². The van der Waals surface area contributed by atoms with E-state index in [1.165, 1.54) is 5.56 Å². The van der Waals surface area contributed by atoms with Crippen molar-refractivity contribution in [2.45, 2.75) is 13.0 Å². The van der Waals surface area contributed by atoms with E-state index in [1.807, 2.05) is 65.3 Å². The van der Waals surface area contributed by atoms with Gasteiger partial charge >= 0.3 is 5.97 Å². The van der Waals surface area contributed by atoms with Gasteiger partial charge in [-0.05, 0) is 47.4 Å². The average molecular weight is 483 g/mol. The zero-order chi connectivity index (χ0) is 23.8. The highest BCUT2D eigenvalue weighted by Gasteiger charge is 2.20. The number of carbonyl (C=O) groups is 2. The Morgan fingerprint density at radius 3 is 2.65 bits per heavy atom. The molecule has 0 spiro atoms. The molecule has 0 saturated carbocycles. The number of amides is 1. The number of nitrogens with zero attached hydrogens (tertiary/aromatic N) is 3. The molecule has 0 unspecified atom stereocenters. The molecule has 2 aromatic rings. The van der Waals surface area contributed by atoms with Crippen LogP contribution in [0.3, 0.4) is 0 Å². The summed E-state index contributed by atoms with van der Waals surface area (Å²) in [5.74, 6) is 1.74. The first-order valence-corrected chi connectivity index (χ1v) is 12.6. The summed E-state index contributed by atoms with van der Waals surface area (Å²) in [5.41, 5.74) is 4.62. The van der Waals surface area contributed by atoms with E-state index in [0.717, 1.165) is 54.4 Å². The van der Waals surface area contributed by atoms with Crippen LogP contribution in [0.2, 0.25) is 0 Å². The van der Waals surface area contributed by atoms with E-state index >= 15 is 0 Å². The molecule has 2 N–H and O–H groups in total. The van der Waals surface area contributed by atoms with Gasteiger partial charge in [0.15, 0.2) is 0 Å². The number of fused-ring (bicyclic) bond motifs is 1. The molecule has 0 aliphatic carbocycles. The molecule has 2 aliphatic rings. The number of esters is 1. The molecule has 34 heavy (non-hydrogen) atoms. The number of carbonyl (C=O) groups excluding carboxylic acids is 2. The average Bonchev–Trinajstić information content (AvgIpc) is 2.87. The predicted octanol–water partition coefficient (Wildman–Crippen LogP) is 2.22. The lowest BCUT2D eigenvalue weighted by atomic mass is 9.99. The number of ether oxygens (including phenoxy) is 1. The van der Waals surface area contributed by atoms with Crippen LogP contribution in [0.1, 0.15) is 27.0 Å². The fraction of sp³-hybridized carbons (Fsp3) is 0.400. The van der Waals surface area contributed by atoms with Gasteiger partial charge in [0, 0.05) is 48.9 Å². The standard InChI is InChI=1S/C25H30N4O4S/c30-11-12-33-24(31)18-28-8-7-21-15-23(6-5-22(21)17-28)27-25(32)20-3-1-19(2-4-20)16-26-29-9-13-34-14-10-29/h1-6,15-16,30H,7-14,17-18H2,(H,27,32)/b26-16+. The van der Waals surface area contributed by atoms with Crippen LogP contribution in [0.25, 0.3) is 0 Å². The lowest BCUT2D eigenvalue weighted by molar-refractivity contribution is -0.146. The topological polar surface area (TPSA) is 94.5 Å². The number of hydrogen-bond donors (Lipinski definition) is 2. The molecular weight excluding hydrogens is 452 g/mol. The molecule has 2 aromatic carbocycles. The zero-order valence-electron chi connectivity index (χ0n) is 19.1. The van der Waals surface area contributed by atoms with Crippen LogP contribution in [0.15, 0.2) is 47.6 Å². The summed E-state index contributed by atoms with van der Waals surface area (Å²) in [4.78, 5) is 26.5. The van der Waals surface area contributed by atoms with E-state index in [4.69, 9.17) is 9.84 Å². The van der Waals surface area contributed by atoms with Gasteiger partial charge < -0.3 is 15.2 Å². The largest absolute Gasteiger partial charge is 0.462 e. The fourth-order valence-electron chi connectivity index (χ4n) is 3.95. The van der Waals surface area contributed by atoms with Crippen molar-refractivity contribution in [3.8, 4) is 0 Å². The number of rotatable bonds is 8. The van der Waals surface area contributed by atoms with Crippen molar-refractivity contribution in [3.05, 3.63) is 64.7 Å². The molecule has 1 amide bonds. The van der Waals surface area contributed by atoms with Gasteiger partial charge in [-0.3, -0.25) is 19.5 Å². The molecule has 8 nitrogen and oxygen atoms in total. The van der Waals surface area contributed by atoms with Crippen LogP contribution in [0.5, 0.6) is 0 Å². The summed E-state index contributed by atoms with van der Waals surface area (Å²) in [6.07, 6.45) is 2.63. The van der Waals surface area contributed by atoms with Gasteiger partial charge in [-0.25, -0.2) is 0 Å². The lowest BCUT2D eigenvalue weighted by Crippen LogP contribution is -2.35. The van der Waals surface area contributed by atoms with E-state index in [1.54, 1.807) is 0 Å². The number of anilines is 1. The molecule has 4 rings (SSSR count). The number of aliphatic hydroxyl groups is 1. The Kier molecular flexibility index (Phi) is 8.56. The normalized spacial score (nSPS) is 16.3. The molecule has 0 bridgehead atoms. The molecular formula is C25H30N4O4S. The van der Waals surface area contributed by atoms with Crippen LogP contribution in [0, 0.1) is 0 Å². The third kappa shape index (κ3) is 6.82. The third-order valence-corrected chi connectivity index (χ3v) is 6.74. The molecule has 0 aromatic heterocycles. The van der Waals surface area contributed by atoms with Gasteiger partial charge in [-0.2, -0.15) is 16.9 Å². The number of aliphatic hydroxyl groups excluding tert-OH is 1. The highest BCUT2D eigenvalue weighted by molar-refractivity contribution is 7.99. The summed E-state index contributed by atoms with van der Waals surface area (Å²) in [6, 6.07) is 13.3. The highest BCUT2D eigenvalue weighted by atomic mass is 32.2. The fourth-order valence-corrected chi connectivity index (χ4v) is 4.84. The summed E-state index contributed by atoms with van der Waals surface area (Å²) < 4.78 is 4.95. The molecule has 0 atom stereocenters. The van der Waals surface area contributed by atoms with E-state index < -0.39 is 0 Å². The van der Waals surface area contributed by atoms with Crippen LogP contribution in [-0.4, -0.2) is 84.0 Å². The summed E-state index contributed by atoms with van der Waals surface area (Å²) in [5, 5.41) is 18.4. The maximum atomic E-state index is 12.7. The minimum absolute atomic E-state index is 0.0283. The lowest BCUT2D eigenvalue weighted by Gasteiger charge is -2.28. The Morgan fingerprint density at radius 2 is 1.88 bits per heavy atom. The number of nitrogens with one attached hydrogen (secondary N) is 1. The van der Waals surface area contributed by atoms with Crippen LogP contribution in [-0.2, 0) is 22.5 Å². The Balaban J connectivity index is 1.30. The van der Waals surface area contributed by atoms with Gasteiger partial charge in [0.2, 0.25) is 0 Å². The van der Waals surface area contributed by atoms with Crippen molar-refractivity contribution in [3.63, 3.8) is 0 Å². The molecule has 1 fully saturated rings. The van der Waals surface area contributed by atoms with Crippen LogP contribution < -0.4 is 5.32 Å². The minimum atomic E-state index is -0.329. The molecule has 2 heterocycles. The Bertz CT molecular complexity index is 1020. The summed E-state index contributed by atoms with van der Waals surface area (Å²) in [7, 11) is 0. The quantitative estimate of drug-likeness (QED) is 0.440. The van der Waals surface area contributed by atoms with Crippen molar-refractivity contribution in [2.75, 3.05) is 56.2 Å². The Morgan fingerprint density at radius 1 is 1.09 bits per heavy atom. The van der Waals surface area contributed by atoms with E-state index in [0.29, 0.717) is 12.1 Å². The first kappa shape index (κ1) is 24.3. The van der Waals surface area contributed by atoms with Gasteiger partial charge in [0.25, 0.3) is 5.91 Å². The smallest absolute Gasteiger partial charge is 0.320 e. The Hall–Kier alpha value is -2.88. The minimum Gasteiger partial charge on any atom is -0.462 e. The van der Waals surface area contributed by atoms with Crippen molar-refractivity contribution in [1.82, 2.24) is 9.91 Å². The van der Waals surface area contributed by atoms with Crippen LogP contribution in [0.4, 0.5) is 5.69 Å². The number of thioether (sulfide) groups is 1. The number of benzene rings is 2. The number of hydrogen-bond acceptors (Lipinski definition) is 8. The number of hydrazone groups is 1. The van der Waals surface area contributed by atoms with Gasteiger partial charge in [0.1, 0.15) is 6.61 Å². The summed E-state index contributed by atoms with van der Waals surface area (Å²) >= 11 is 1.95. The monoisotopic (exact) mass is 482 g/mol. The van der Waals surface area contributed by atoms with Crippen molar-refractivity contribution >= 4 is 35.5 Å². The van der Waals surface area contributed by atoms with Crippen molar-refractivity contribution < 1.29 is 19.4 Å². The van der Waals surface area contributed by atoms with E-state index in [2.05, 4.69) is 15.4 Å². The third-order valence-electron chi connectivity index (χ3n) is 5.79. The molecule has 180 valence electrons. The molecule has 9 heteroatoms. The predicted molar refractivity (Wildman–Crippen MR) is 134 cm³/mol. The second-order valence-corrected chi connectivity index (χ2v) is 9.50. The second kappa shape index (κ2) is 12.0. The first-order valence-electron chi connectivity index (χ1n) is 11.5. The second-order valence-electron chi connectivity index (χ2n) is 8.27. The zero-order valence-corrected chi connectivity index (χ0v) is 19.9. The van der Waals surface area contributed by atoms with Crippen LogP contribution >= 0.6 is 11.8 Å². The van der Waals surface area contributed by atoms with Gasteiger partial charge in [0.05, 0.1) is 19.4 Å². The maximum Gasteiger partial charge on any atom is 0.320 e.